The standard InChI is InChI=1S/C13H13Cl2N3O/c14-11-5-1-4-10(13(11)15)12-8-18(17-16-12)7-9-3-2-6-19-9/h1,4-5,8-9H,2-3,6-7H2/t9-/m0/s1. The lowest BCUT2D eigenvalue weighted by atomic mass is 10.2. The second kappa shape index (κ2) is 5.49. The van der Waals surface area contributed by atoms with Gasteiger partial charge in [-0.25, -0.2) is 4.68 Å². The third-order valence-corrected chi connectivity index (χ3v) is 4.00. The summed E-state index contributed by atoms with van der Waals surface area (Å²) in [7, 11) is 0. The zero-order valence-corrected chi connectivity index (χ0v) is 11.7. The number of halogens is 2. The van der Waals surface area contributed by atoms with Crippen LogP contribution in [-0.4, -0.2) is 27.7 Å². The van der Waals surface area contributed by atoms with Gasteiger partial charge in [-0.05, 0) is 18.9 Å². The van der Waals surface area contributed by atoms with Gasteiger partial charge in [-0.3, -0.25) is 0 Å². The fourth-order valence-electron chi connectivity index (χ4n) is 2.21. The zero-order chi connectivity index (χ0) is 13.2. The van der Waals surface area contributed by atoms with E-state index in [1.54, 1.807) is 10.7 Å². The quantitative estimate of drug-likeness (QED) is 0.871. The summed E-state index contributed by atoms with van der Waals surface area (Å²) in [5, 5.41) is 9.29. The molecule has 1 aliphatic heterocycles. The summed E-state index contributed by atoms with van der Waals surface area (Å²) >= 11 is 12.2. The number of nitrogens with zero attached hydrogens (tertiary/aromatic N) is 3. The van der Waals surface area contributed by atoms with Gasteiger partial charge < -0.3 is 4.74 Å². The molecule has 1 aliphatic rings. The van der Waals surface area contributed by atoms with E-state index in [2.05, 4.69) is 10.3 Å². The van der Waals surface area contributed by atoms with E-state index in [4.69, 9.17) is 27.9 Å². The van der Waals surface area contributed by atoms with Crippen molar-refractivity contribution in [3.63, 3.8) is 0 Å². The highest BCUT2D eigenvalue weighted by Gasteiger charge is 2.17. The molecule has 0 aliphatic carbocycles. The van der Waals surface area contributed by atoms with Crippen molar-refractivity contribution in [2.24, 2.45) is 0 Å². The van der Waals surface area contributed by atoms with Crippen LogP contribution < -0.4 is 0 Å². The van der Waals surface area contributed by atoms with Crippen molar-refractivity contribution in [3.8, 4) is 11.3 Å². The Hall–Kier alpha value is -1.10. The highest BCUT2D eigenvalue weighted by Crippen LogP contribution is 2.32. The monoisotopic (exact) mass is 297 g/mol. The molecule has 3 rings (SSSR count). The van der Waals surface area contributed by atoms with Gasteiger partial charge in [0.2, 0.25) is 0 Å². The molecule has 1 atom stereocenters. The van der Waals surface area contributed by atoms with Crippen LogP contribution in [0.15, 0.2) is 24.4 Å². The van der Waals surface area contributed by atoms with Gasteiger partial charge in [0.1, 0.15) is 5.69 Å². The average molecular weight is 298 g/mol. The van der Waals surface area contributed by atoms with Gasteiger partial charge in [0.25, 0.3) is 0 Å². The third-order valence-electron chi connectivity index (χ3n) is 3.18. The molecule has 4 nitrogen and oxygen atoms in total. The second-order valence-corrected chi connectivity index (χ2v) is 5.35. The lowest BCUT2D eigenvalue weighted by Crippen LogP contribution is -2.15. The molecule has 19 heavy (non-hydrogen) atoms. The van der Waals surface area contributed by atoms with Gasteiger partial charge in [-0.15, -0.1) is 5.10 Å². The molecule has 6 heteroatoms. The van der Waals surface area contributed by atoms with Gasteiger partial charge in [-0.2, -0.15) is 0 Å². The topological polar surface area (TPSA) is 39.9 Å². The van der Waals surface area contributed by atoms with Gasteiger partial charge in [0, 0.05) is 12.2 Å². The van der Waals surface area contributed by atoms with Crippen LogP contribution in [0.3, 0.4) is 0 Å². The first kappa shape index (κ1) is 12.9. The lowest BCUT2D eigenvalue weighted by Gasteiger charge is -2.07. The van der Waals surface area contributed by atoms with Crippen molar-refractivity contribution in [2.75, 3.05) is 6.61 Å². The fourth-order valence-corrected chi connectivity index (χ4v) is 2.61. The first-order chi connectivity index (χ1) is 9.24. The highest BCUT2D eigenvalue weighted by atomic mass is 35.5. The largest absolute Gasteiger partial charge is 0.376 e. The van der Waals surface area contributed by atoms with Gasteiger partial charge >= 0.3 is 0 Å². The number of ether oxygens (including phenoxy) is 1. The van der Waals surface area contributed by atoms with E-state index >= 15 is 0 Å². The van der Waals surface area contributed by atoms with Crippen molar-refractivity contribution in [3.05, 3.63) is 34.4 Å². The normalized spacial score (nSPS) is 18.9. The van der Waals surface area contributed by atoms with E-state index in [0.29, 0.717) is 10.0 Å². The Morgan fingerprint density at radius 2 is 2.26 bits per heavy atom. The maximum atomic E-state index is 6.17. The third kappa shape index (κ3) is 2.76. The molecule has 0 unspecified atom stereocenters. The summed E-state index contributed by atoms with van der Waals surface area (Å²) in [4.78, 5) is 0. The Labute approximate surface area is 121 Å². The van der Waals surface area contributed by atoms with Crippen molar-refractivity contribution in [1.29, 1.82) is 0 Å². The van der Waals surface area contributed by atoms with Crippen LogP contribution in [-0.2, 0) is 11.3 Å². The first-order valence-corrected chi connectivity index (χ1v) is 6.96. The molecule has 2 aromatic rings. The molecule has 100 valence electrons. The molecule has 0 saturated carbocycles. The zero-order valence-electron chi connectivity index (χ0n) is 10.2. The summed E-state index contributed by atoms with van der Waals surface area (Å²) in [6.07, 6.45) is 4.31. The minimum absolute atomic E-state index is 0.240. The van der Waals surface area contributed by atoms with Crippen LogP contribution in [0.4, 0.5) is 0 Å². The Morgan fingerprint density at radius 1 is 1.37 bits per heavy atom. The molecule has 2 heterocycles. The van der Waals surface area contributed by atoms with E-state index < -0.39 is 0 Å². The number of rotatable bonds is 3. The van der Waals surface area contributed by atoms with Crippen LogP contribution in [0.2, 0.25) is 10.0 Å². The molecule has 1 fully saturated rings. The predicted molar refractivity (Wildman–Crippen MR) is 74.5 cm³/mol. The molecule has 1 aromatic heterocycles. The number of benzene rings is 1. The van der Waals surface area contributed by atoms with Crippen LogP contribution in [0.5, 0.6) is 0 Å². The minimum atomic E-state index is 0.240. The van der Waals surface area contributed by atoms with E-state index in [1.807, 2.05) is 18.3 Å². The minimum Gasteiger partial charge on any atom is -0.376 e. The molecule has 0 radical (unpaired) electrons. The lowest BCUT2D eigenvalue weighted by molar-refractivity contribution is 0.0935. The maximum absolute atomic E-state index is 6.17. The van der Waals surface area contributed by atoms with Crippen LogP contribution >= 0.6 is 23.2 Å². The molecule has 1 aromatic carbocycles. The summed E-state index contributed by atoms with van der Waals surface area (Å²) in [5.41, 5.74) is 1.53. The van der Waals surface area contributed by atoms with Crippen molar-refractivity contribution in [2.45, 2.75) is 25.5 Å². The molecule has 1 saturated heterocycles. The van der Waals surface area contributed by atoms with Gasteiger partial charge in [0.05, 0.1) is 28.9 Å². The van der Waals surface area contributed by atoms with Gasteiger partial charge in [0.15, 0.2) is 0 Å². The van der Waals surface area contributed by atoms with E-state index in [-0.39, 0.29) is 6.10 Å². The van der Waals surface area contributed by atoms with Crippen molar-refractivity contribution in [1.82, 2.24) is 15.0 Å². The van der Waals surface area contributed by atoms with Crippen LogP contribution in [0, 0.1) is 0 Å². The van der Waals surface area contributed by atoms with E-state index in [0.717, 1.165) is 37.3 Å². The Morgan fingerprint density at radius 3 is 3.05 bits per heavy atom. The predicted octanol–water partition coefficient (Wildman–Crippen LogP) is 3.43. The Bertz CT molecular complexity index is 579. The van der Waals surface area contributed by atoms with Crippen LogP contribution in [0.1, 0.15) is 12.8 Å². The average Bonchev–Trinajstić information content (AvgIpc) is 3.05. The number of hydrogen-bond acceptors (Lipinski definition) is 3. The SMILES string of the molecule is Clc1cccc(-c2cn(C[C@@H]3CCCO3)nn2)c1Cl. The first-order valence-electron chi connectivity index (χ1n) is 6.20. The molecule has 0 N–H and O–H groups in total. The smallest absolute Gasteiger partial charge is 0.114 e. The summed E-state index contributed by atoms with van der Waals surface area (Å²) < 4.78 is 7.37. The van der Waals surface area contributed by atoms with Crippen molar-refractivity contribution >= 4 is 23.2 Å². The molecule has 0 amide bonds. The van der Waals surface area contributed by atoms with E-state index in [1.165, 1.54) is 0 Å². The van der Waals surface area contributed by atoms with E-state index in [9.17, 15) is 0 Å². The summed E-state index contributed by atoms with van der Waals surface area (Å²) in [6, 6.07) is 5.49. The summed E-state index contributed by atoms with van der Waals surface area (Å²) in [6.45, 7) is 1.57. The van der Waals surface area contributed by atoms with Crippen LogP contribution in [0.25, 0.3) is 11.3 Å². The molecule has 0 spiro atoms. The Kier molecular flexibility index (Phi) is 3.73. The summed E-state index contributed by atoms with van der Waals surface area (Å²) in [5.74, 6) is 0. The maximum Gasteiger partial charge on any atom is 0.114 e. The molecular weight excluding hydrogens is 285 g/mol. The highest BCUT2D eigenvalue weighted by molar-refractivity contribution is 6.43. The number of aromatic nitrogens is 3. The number of hydrogen-bond donors (Lipinski definition) is 0. The van der Waals surface area contributed by atoms with Crippen molar-refractivity contribution < 1.29 is 4.74 Å². The second-order valence-electron chi connectivity index (χ2n) is 4.56. The molecule has 0 bridgehead atoms. The Balaban J connectivity index is 1.82. The van der Waals surface area contributed by atoms with Gasteiger partial charge in [-0.1, -0.05) is 40.5 Å². The fraction of sp³-hybridized carbons (Fsp3) is 0.385. The molecular formula is C13H13Cl2N3O.